The highest BCUT2D eigenvalue weighted by molar-refractivity contribution is 5.92. The maximum absolute atomic E-state index is 12.2. The molecule has 8 heteroatoms. The van der Waals surface area contributed by atoms with Gasteiger partial charge in [-0.25, -0.2) is 4.98 Å². The van der Waals surface area contributed by atoms with Crippen molar-refractivity contribution in [2.75, 3.05) is 11.1 Å². The molecule has 0 bridgehead atoms. The molecule has 1 aliphatic carbocycles. The molecule has 0 radical (unpaired) electrons. The first kappa shape index (κ1) is 23.2. The van der Waals surface area contributed by atoms with Crippen LogP contribution in [0.5, 0.6) is 0 Å². The molecule has 1 saturated carbocycles. The largest absolute Gasteiger partial charge is 0.412 e. The molecule has 1 amide bonds. The van der Waals surface area contributed by atoms with Gasteiger partial charge in [0, 0.05) is 29.9 Å². The van der Waals surface area contributed by atoms with Gasteiger partial charge in [0.2, 0.25) is 5.91 Å². The monoisotopic (exact) mass is 352 g/mol. The highest BCUT2D eigenvalue weighted by Crippen LogP contribution is 2.31. The molecule has 0 spiro atoms. The molecular weight excluding hydrogens is 327 g/mol. The Balaban J connectivity index is 0. The maximum Gasteiger partial charge on any atom is 0.227 e. The first-order valence-electron chi connectivity index (χ1n) is 6.84. The number of carbonyl (C=O) groups is 1. The summed E-state index contributed by atoms with van der Waals surface area (Å²) in [5.74, 6) is 1.14. The van der Waals surface area contributed by atoms with Crippen LogP contribution in [-0.2, 0) is 4.79 Å². The van der Waals surface area contributed by atoms with Crippen molar-refractivity contribution in [2.45, 2.75) is 38.6 Å². The summed E-state index contributed by atoms with van der Waals surface area (Å²) in [5.41, 5.74) is 12.2. The van der Waals surface area contributed by atoms with Gasteiger partial charge in [0.1, 0.15) is 5.82 Å². The van der Waals surface area contributed by atoms with E-state index in [9.17, 15) is 4.79 Å². The second-order valence-electron chi connectivity index (χ2n) is 5.43. The number of hydrogen-bond acceptors (Lipinski definition) is 4. The lowest BCUT2D eigenvalue weighted by molar-refractivity contribution is -0.121. The Morgan fingerprint density at radius 2 is 1.91 bits per heavy atom. The van der Waals surface area contributed by atoms with Crippen molar-refractivity contribution in [2.24, 2.45) is 17.6 Å². The van der Waals surface area contributed by atoms with E-state index in [0.717, 1.165) is 25.7 Å². The Hall–Kier alpha value is -1.08. The molecule has 2 rings (SSSR count). The summed E-state index contributed by atoms with van der Waals surface area (Å²) in [6.45, 7) is 2.05. The fraction of sp³-hybridized carbons (Fsp3) is 0.571. The Kier molecular flexibility index (Phi) is 11.2. The average molecular weight is 353 g/mol. The molecular formula is C14H26Cl2N4O2. The first-order chi connectivity index (χ1) is 9.06. The van der Waals surface area contributed by atoms with E-state index in [1.165, 1.54) is 0 Å². The molecule has 0 aromatic carbocycles. The number of pyridine rings is 1. The van der Waals surface area contributed by atoms with Crippen LogP contribution in [0, 0.1) is 11.8 Å². The van der Waals surface area contributed by atoms with Crippen molar-refractivity contribution in [3.8, 4) is 0 Å². The van der Waals surface area contributed by atoms with Gasteiger partial charge in [-0.3, -0.25) is 4.79 Å². The minimum absolute atomic E-state index is 0. The van der Waals surface area contributed by atoms with Gasteiger partial charge in [0.25, 0.3) is 0 Å². The fourth-order valence-electron chi connectivity index (χ4n) is 2.68. The SMILES string of the molecule is C[C@@H](N)C1CCC(C(=O)Nc2ccnc(N)c2)CC1.Cl.Cl.O. The molecule has 0 saturated heterocycles. The number of amides is 1. The molecule has 1 aromatic heterocycles. The molecule has 1 aromatic rings. The van der Waals surface area contributed by atoms with E-state index in [4.69, 9.17) is 11.5 Å². The molecule has 128 valence electrons. The van der Waals surface area contributed by atoms with Crippen LogP contribution in [0.3, 0.4) is 0 Å². The predicted molar refractivity (Wildman–Crippen MR) is 94.5 cm³/mol. The molecule has 1 atom stereocenters. The van der Waals surface area contributed by atoms with Crippen molar-refractivity contribution < 1.29 is 10.3 Å². The summed E-state index contributed by atoms with van der Waals surface area (Å²) in [5, 5.41) is 2.91. The number of nitrogens with two attached hydrogens (primary N) is 2. The van der Waals surface area contributed by atoms with Crippen LogP contribution in [0.2, 0.25) is 0 Å². The molecule has 7 N–H and O–H groups in total. The Morgan fingerprint density at radius 1 is 1.32 bits per heavy atom. The smallest absolute Gasteiger partial charge is 0.227 e. The van der Waals surface area contributed by atoms with Crippen LogP contribution >= 0.6 is 24.8 Å². The highest BCUT2D eigenvalue weighted by atomic mass is 35.5. The Bertz CT molecular complexity index is 452. The zero-order valence-electron chi connectivity index (χ0n) is 12.6. The summed E-state index contributed by atoms with van der Waals surface area (Å²) in [6.07, 6.45) is 5.50. The van der Waals surface area contributed by atoms with E-state index in [0.29, 0.717) is 17.4 Å². The van der Waals surface area contributed by atoms with Gasteiger partial charge in [0.05, 0.1) is 0 Å². The van der Waals surface area contributed by atoms with E-state index in [-0.39, 0.29) is 48.2 Å². The van der Waals surface area contributed by atoms with Gasteiger partial charge in [-0.1, -0.05) is 0 Å². The lowest BCUT2D eigenvalue weighted by atomic mass is 9.79. The van der Waals surface area contributed by atoms with Gasteiger partial charge in [0.15, 0.2) is 0 Å². The number of aromatic nitrogens is 1. The number of hydrogen-bond donors (Lipinski definition) is 3. The van der Waals surface area contributed by atoms with E-state index in [2.05, 4.69) is 10.3 Å². The van der Waals surface area contributed by atoms with Crippen molar-refractivity contribution in [3.63, 3.8) is 0 Å². The summed E-state index contributed by atoms with van der Waals surface area (Å²) in [7, 11) is 0. The quantitative estimate of drug-likeness (QED) is 0.765. The van der Waals surface area contributed by atoms with Crippen molar-refractivity contribution in [1.82, 2.24) is 4.98 Å². The van der Waals surface area contributed by atoms with Crippen molar-refractivity contribution >= 4 is 42.2 Å². The summed E-state index contributed by atoms with van der Waals surface area (Å²) >= 11 is 0. The van der Waals surface area contributed by atoms with Gasteiger partial charge >= 0.3 is 0 Å². The summed E-state index contributed by atoms with van der Waals surface area (Å²) in [4.78, 5) is 16.1. The lowest BCUT2D eigenvalue weighted by Gasteiger charge is -2.29. The average Bonchev–Trinajstić information content (AvgIpc) is 2.39. The molecule has 1 aliphatic rings. The first-order valence-corrected chi connectivity index (χ1v) is 6.84. The molecule has 0 aliphatic heterocycles. The van der Waals surface area contributed by atoms with Gasteiger partial charge in [-0.05, 0) is 44.6 Å². The topological polar surface area (TPSA) is 126 Å². The van der Waals surface area contributed by atoms with Crippen LogP contribution in [0.25, 0.3) is 0 Å². The number of anilines is 2. The summed E-state index contributed by atoms with van der Waals surface area (Å²) in [6, 6.07) is 3.65. The number of rotatable bonds is 3. The second-order valence-corrected chi connectivity index (χ2v) is 5.43. The third-order valence-electron chi connectivity index (χ3n) is 3.93. The van der Waals surface area contributed by atoms with Crippen molar-refractivity contribution in [1.29, 1.82) is 0 Å². The van der Waals surface area contributed by atoms with Gasteiger partial charge in [-0.2, -0.15) is 0 Å². The fourth-order valence-corrected chi connectivity index (χ4v) is 2.68. The van der Waals surface area contributed by atoms with Crippen LogP contribution < -0.4 is 16.8 Å². The third kappa shape index (κ3) is 6.36. The van der Waals surface area contributed by atoms with Crippen LogP contribution in [0.15, 0.2) is 18.3 Å². The van der Waals surface area contributed by atoms with E-state index in [1.54, 1.807) is 18.3 Å². The molecule has 6 nitrogen and oxygen atoms in total. The van der Waals surface area contributed by atoms with Crippen molar-refractivity contribution in [3.05, 3.63) is 18.3 Å². The normalized spacial score (nSPS) is 21.4. The Morgan fingerprint density at radius 3 is 2.41 bits per heavy atom. The van der Waals surface area contributed by atoms with E-state index >= 15 is 0 Å². The second kappa shape index (κ2) is 10.6. The van der Waals surface area contributed by atoms with Crippen LogP contribution in [-0.4, -0.2) is 22.4 Å². The number of nitrogens with one attached hydrogen (secondary N) is 1. The molecule has 1 heterocycles. The van der Waals surface area contributed by atoms with E-state index in [1.807, 2.05) is 6.92 Å². The number of halogens is 2. The Labute approximate surface area is 143 Å². The molecule has 22 heavy (non-hydrogen) atoms. The predicted octanol–water partition coefficient (Wildman–Crippen LogP) is 1.77. The minimum atomic E-state index is 0. The number of nitrogens with zero attached hydrogens (tertiary/aromatic N) is 1. The number of carbonyl (C=O) groups excluding carboxylic acids is 1. The van der Waals surface area contributed by atoms with Crippen LogP contribution in [0.4, 0.5) is 11.5 Å². The number of nitrogen functional groups attached to an aromatic ring is 1. The maximum atomic E-state index is 12.2. The zero-order valence-corrected chi connectivity index (χ0v) is 14.3. The molecule has 0 unspecified atom stereocenters. The summed E-state index contributed by atoms with van der Waals surface area (Å²) < 4.78 is 0. The molecule has 1 fully saturated rings. The van der Waals surface area contributed by atoms with Crippen LogP contribution in [0.1, 0.15) is 32.6 Å². The van der Waals surface area contributed by atoms with E-state index < -0.39 is 0 Å². The minimum Gasteiger partial charge on any atom is -0.412 e. The zero-order chi connectivity index (χ0) is 13.8. The lowest BCUT2D eigenvalue weighted by Crippen LogP contribution is -2.33. The highest BCUT2D eigenvalue weighted by Gasteiger charge is 2.27. The van der Waals surface area contributed by atoms with Gasteiger partial charge < -0.3 is 22.3 Å². The van der Waals surface area contributed by atoms with Gasteiger partial charge in [-0.15, -0.1) is 24.8 Å². The standard InChI is InChI=1S/C14H22N4O.2ClH.H2O/c1-9(15)10-2-4-11(5-3-10)14(19)18-12-6-7-17-13(16)8-12;;;/h6-11H,2-5,15H2,1H3,(H3,16,17,18,19);2*1H;1H2/t9-,10?,11?;;;/m1.../s1. The third-order valence-corrected chi connectivity index (χ3v) is 3.93.